The molecular weight excluding hydrogens is 346 g/mol. The van der Waals surface area contributed by atoms with E-state index < -0.39 is 0 Å². The van der Waals surface area contributed by atoms with Gasteiger partial charge in [0.15, 0.2) is 6.61 Å². The summed E-state index contributed by atoms with van der Waals surface area (Å²) in [6.07, 6.45) is 0. The molecule has 0 bridgehead atoms. The van der Waals surface area contributed by atoms with Crippen molar-refractivity contribution in [3.63, 3.8) is 0 Å². The van der Waals surface area contributed by atoms with Gasteiger partial charge in [-0.1, -0.05) is 0 Å². The molecule has 2 amide bonds. The summed E-state index contributed by atoms with van der Waals surface area (Å²) in [5, 5.41) is 5.36. The number of benzene rings is 2. The van der Waals surface area contributed by atoms with Crippen LogP contribution in [0.2, 0.25) is 0 Å². The van der Waals surface area contributed by atoms with Crippen LogP contribution in [-0.2, 0) is 9.53 Å². The van der Waals surface area contributed by atoms with Crippen molar-refractivity contribution in [2.45, 2.75) is 0 Å². The van der Waals surface area contributed by atoms with Crippen LogP contribution in [0.3, 0.4) is 0 Å². The predicted molar refractivity (Wildman–Crippen MR) is 103 cm³/mol. The molecule has 0 aromatic heterocycles. The molecule has 3 rings (SSSR count). The van der Waals surface area contributed by atoms with E-state index in [4.69, 9.17) is 9.47 Å². The average Bonchev–Trinajstić information content (AvgIpc) is 2.73. The quantitative estimate of drug-likeness (QED) is 0.813. The minimum absolute atomic E-state index is 0.107. The van der Waals surface area contributed by atoms with Gasteiger partial charge in [0, 0.05) is 37.1 Å². The molecule has 0 aliphatic carbocycles. The van der Waals surface area contributed by atoms with Crippen LogP contribution in [0.25, 0.3) is 0 Å². The average molecular weight is 369 g/mol. The molecule has 0 spiro atoms. The standard InChI is InChI=1S/C20H23N3O4/c1-21-20(25)15-2-8-18(9-3-15)27-14-19(24)22-16-4-6-17(7-5-16)23-10-12-26-13-11-23/h2-9H,10-14H2,1H3,(H,21,25)(H,22,24). The van der Waals surface area contributed by atoms with E-state index in [2.05, 4.69) is 15.5 Å². The number of hydrogen-bond acceptors (Lipinski definition) is 5. The minimum Gasteiger partial charge on any atom is -0.484 e. The number of nitrogens with zero attached hydrogens (tertiary/aromatic N) is 1. The number of rotatable bonds is 6. The van der Waals surface area contributed by atoms with Crippen molar-refractivity contribution in [1.82, 2.24) is 5.32 Å². The first-order valence-corrected chi connectivity index (χ1v) is 8.83. The molecule has 0 atom stereocenters. The van der Waals surface area contributed by atoms with E-state index in [0.29, 0.717) is 11.3 Å². The molecule has 7 nitrogen and oxygen atoms in total. The molecule has 2 aromatic carbocycles. The Balaban J connectivity index is 1.48. The van der Waals surface area contributed by atoms with Gasteiger partial charge in [0.05, 0.1) is 13.2 Å². The Kier molecular flexibility index (Phi) is 6.27. The van der Waals surface area contributed by atoms with Gasteiger partial charge in [0.2, 0.25) is 0 Å². The Bertz CT molecular complexity index is 769. The second-order valence-electron chi connectivity index (χ2n) is 6.09. The first-order valence-electron chi connectivity index (χ1n) is 8.83. The third-order valence-electron chi connectivity index (χ3n) is 4.24. The Morgan fingerprint density at radius 1 is 1.04 bits per heavy atom. The molecule has 0 radical (unpaired) electrons. The van der Waals surface area contributed by atoms with Crippen LogP contribution in [0.15, 0.2) is 48.5 Å². The van der Waals surface area contributed by atoms with Crippen molar-refractivity contribution >= 4 is 23.2 Å². The molecule has 2 aromatic rings. The maximum absolute atomic E-state index is 12.1. The summed E-state index contributed by atoms with van der Waals surface area (Å²) in [4.78, 5) is 25.8. The smallest absolute Gasteiger partial charge is 0.262 e. The molecule has 1 heterocycles. The minimum atomic E-state index is -0.246. The van der Waals surface area contributed by atoms with Gasteiger partial charge in [-0.3, -0.25) is 9.59 Å². The zero-order valence-corrected chi connectivity index (χ0v) is 15.2. The van der Waals surface area contributed by atoms with Gasteiger partial charge in [-0.05, 0) is 48.5 Å². The van der Waals surface area contributed by atoms with E-state index in [0.717, 1.165) is 37.7 Å². The summed E-state index contributed by atoms with van der Waals surface area (Å²) in [6, 6.07) is 14.3. The van der Waals surface area contributed by atoms with Gasteiger partial charge >= 0.3 is 0 Å². The van der Waals surface area contributed by atoms with Crippen LogP contribution < -0.4 is 20.3 Å². The van der Waals surface area contributed by atoms with Crippen LogP contribution in [0, 0.1) is 0 Å². The highest BCUT2D eigenvalue weighted by molar-refractivity contribution is 5.94. The fourth-order valence-electron chi connectivity index (χ4n) is 2.77. The van der Waals surface area contributed by atoms with Crippen molar-refractivity contribution in [1.29, 1.82) is 0 Å². The molecule has 2 N–H and O–H groups in total. The second-order valence-corrected chi connectivity index (χ2v) is 6.09. The van der Waals surface area contributed by atoms with Crippen LogP contribution in [0.4, 0.5) is 11.4 Å². The largest absolute Gasteiger partial charge is 0.484 e. The van der Waals surface area contributed by atoms with Crippen LogP contribution in [0.1, 0.15) is 10.4 Å². The molecular formula is C20H23N3O4. The lowest BCUT2D eigenvalue weighted by molar-refractivity contribution is -0.118. The van der Waals surface area contributed by atoms with E-state index in [9.17, 15) is 9.59 Å². The number of carbonyl (C=O) groups excluding carboxylic acids is 2. The molecule has 0 saturated carbocycles. The summed E-state index contributed by atoms with van der Waals surface area (Å²) in [5.74, 6) is 0.116. The van der Waals surface area contributed by atoms with Crippen LogP contribution in [-0.4, -0.2) is 51.8 Å². The van der Waals surface area contributed by atoms with Gasteiger partial charge < -0.3 is 25.0 Å². The maximum Gasteiger partial charge on any atom is 0.262 e. The Hall–Kier alpha value is -3.06. The zero-order valence-electron chi connectivity index (χ0n) is 15.2. The highest BCUT2D eigenvalue weighted by atomic mass is 16.5. The van der Waals surface area contributed by atoms with Crippen molar-refractivity contribution in [3.8, 4) is 5.75 Å². The number of morpholine rings is 1. The number of nitrogens with one attached hydrogen (secondary N) is 2. The fraction of sp³-hybridized carbons (Fsp3) is 0.300. The first kappa shape index (κ1) is 18.7. The Morgan fingerprint density at radius 2 is 1.70 bits per heavy atom. The van der Waals surface area contributed by atoms with Crippen LogP contribution >= 0.6 is 0 Å². The summed E-state index contributed by atoms with van der Waals surface area (Å²) < 4.78 is 10.8. The van der Waals surface area contributed by atoms with Crippen molar-refractivity contribution in [2.24, 2.45) is 0 Å². The summed E-state index contributed by atoms with van der Waals surface area (Å²) >= 11 is 0. The molecule has 27 heavy (non-hydrogen) atoms. The lowest BCUT2D eigenvalue weighted by Crippen LogP contribution is -2.36. The summed E-state index contributed by atoms with van der Waals surface area (Å²) in [7, 11) is 1.57. The van der Waals surface area contributed by atoms with Crippen LogP contribution in [0.5, 0.6) is 5.75 Å². The van der Waals surface area contributed by atoms with Gasteiger partial charge in [0.25, 0.3) is 11.8 Å². The molecule has 1 saturated heterocycles. The van der Waals surface area contributed by atoms with Crippen molar-refractivity contribution < 1.29 is 19.1 Å². The van der Waals surface area contributed by atoms with Gasteiger partial charge in [-0.2, -0.15) is 0 Å². The normalized spacial score (nSPS) is 13.7. The van der Waals surface area contributed by atoms with E-state index in [-0.39, 0.29) is 18.4 Å². The number of hydrogen-bond donors (Lipinski definition) is 2. The highest BCUT2D eigenvalue weighted by Gasteiger charge is 2.11. The SMILES string of the molecule is CNC(=O)c1ccc(OCC(=O)Nc2ccc(N3CCOCC3)cc2)cc1. The Morgan fingerprint density at radius 3 is 2.33 bits per heavy atom. The number of amides is 2. The third-order valence-corrected chi connectivity index (χ3v) is 4.24. The van der Waals surface area contributed by atoms with E-state index >= 15 is 0 Å². The number of ether oxygens (including phenoxy) is 2. The van der Waals surface area contributed by atoms with Gasteiger partial charge in [-0.15, -0.1) is 0 Å². The fourth-order valence-corrected chi connectivity index (χ4v) is 2.77. The van der Waals surface area contributed by atoms with E-state index in [1.165, 1.54) is 0 Å². The topological polar surface area (TPSA) is 79.9 Å². The molecule has 0 unspecified atom stereocenters. The van der Waals surface area contributed by atoms with Crippen molar-refractivity contribution in [2.75, 3.05) is 50.2 Å². The Labute approximate surface area is 158 Å². The second kappa shape index (κ2) is 9.05. The molecule has 142 valence electrons. The van der Waals surface area contributed by atoms with Gasteiger partial charge in [-0.25, -0.2) is 0 Å². The maximum atomic E-state index is 12.1. The molecule has 7 heteroatoms. The third kappa shape index (κ3) is 5.21. The molecule has 1 fully saturated rings. The van der Waals surface area contributed by atoms with E-state index in [1.807, 2.05) is 24.3 Å². The van der Waals surface area contributed by atoms with E-state index in [1.54, 1.807) is 31.3 Å². The zero-order chi connectivity index (χ0) is 19.1. The van der Waals surface area contributed by atoms with Crippen molar-refractivity contribution in [3.05, 3.63) is 54.1 Å². The highest BCUT2D eigenvalue weighted by Crippen LogP contribution is 2.19. The molecule has 1 aliphatic rings. The number of carbonyl (C=O) groups is 2. The van der Waals surface area contributed by atoms with Gasteiger partial charge in [0.1, 0.15) is 5.75 Å². The number of anilines is 2. The first-order chi connectivity index (χ1) is 13.2. The molecule has 1 aliphatic heterocycles. The summed E-state index contributed by atoms with van der Waals surface area (Å²) in [6.45, 7) is 3.11. The predicted octanol–water partition coefficient (Wildman–Crippen LogP) is 1.90. The lowest BCUT2D eigenvalue weighted by atomic mass is 10.2. The summed E-state index contributed by atoms with van der Waals surface area (Å²) in [5.41, 5.74) is 2.37. The lowest BCUT2D eigenvalue weighted by Gasteiger charge is -2.28. The monoisotopic (exact) mass is 369 g/mol.